The first kappa shape index (κ1) is 27.9. The van der Waals surface area contributed by atoms with Crippen LogP contribution in [0.3, 0.4) is 0 Å². The highest BCUT2D eigenvalue weighted by Gasteiger charge is 2.16. The monoisotopic (exact) mass is 350 g/mol. The first-order valence-corrected chi connectivity index (χ1v) is 12.4. The third kappa shape index (κ3) is 15.3. The first-order chi connectivity index (χ1) is 10.5. The Kier molecular flexibility index (Phi) is 17.5. The van der Waals surface area contributed by atoms with Crippen molar-refractivity contribution in [2.45, 2.75) is 68.5 Å². The third-order valence-electron chi connectivity index (χ3n) is 5.37. The number of hydrogen-bond donors (Lipinski definition) is 0. The van der Waals surface area contributed by atoms with Crippen molar-refractivity contribution in [2.75, 3.05) is 52.4 Å². The van der Waals surface area contributed by atoms with Gasteiger partial charge in [0.15, 0.2) is 0 Å². The van der Waals surface area contributed by atoms with Crippen LogP contribution in [0.1, 0.15) is 55.4 Å². The molecule has 5 heteroatoms. The van der Waals surface area contributed by atoms with Crippen LogP contribution in [-0.4, -0.2) is 69.9 Å². The molecular formula is C18H46N2O2Si. The highest BCUT2D eigenvalue weighted by molar-refractivity contribution is 6.57. The highest BCUT2D eigenvalue weighted by atomic mass is 28.4. The third-order valence-corrected chi connectivity index (χ3v) is 5.37. The fourth-order valence-electron chi connectivity index (χ4n) is 2.68. The molecular weight excluding hydrogens is 304 g/mol. The quantitative estimate of drug-likeness (QED) is 0.497. The SMILES string of the molecule is CC[N+](CC)(CC)CC.CC[N+](CC)(CC)CC.C[Si](C)([O-])[O-]. The van der Waals surface area contributed by atoms with E-state index in [1.54, 1.807) is 0 Å². The smallest absolute Gasteiger partial charge is 0.0757 e. The number of rotatable bonds is 8. The van der Waals surface area contributed by atoms with Crippen molar-refractivity contribution < 1.29 is 18.6 Å². The molecule has 0 aromatic rings. The molecule has 0 aromatic carbocycles. The van der Waals surface area contributed by atoms with Gasteiger partial charge in [0.05, 0.1) is 52.4 Å². The van der Waals surface area contributed by atoms with Crippen LogP contribution < -0.4 is 9.59 Å². The van der Waals surface area contributed by atoms with Crippen molar-refractivity contribution in [2.24, 2.45) is 0 Å². The normalized spacial score (nSPS) is 12.0. The molecule has 144 valence electrons. The Morgan fingerprint density at radius 3 is 0.565 bits per heavy atom. The molecule has 0 atom stereocenters. The summed E-state index contributed by atoms with van der Waals surface area (Å²) in [5, 5.41) is 0. The van der Waals surface area contributed by atoms with Crippen LogP contribution in [0.5, 0.6) is 0 Å². The Balaban J connectivity index is -0.000000273. The minimum atomic E-state index is -3.11. The van der Waals surface area contributed by atoms with Gasteiger partial charge in [0.1, 0.15) is 0 Å². The maximum absolute atomic E-state index is 9.69. The van der Waals surface area contributed by atoms with Crippen LogP contribution in [0.15, 0.2) is 0 Å². The minimum absolute atomic E-state index is 1.22. The molecule has 0 spiro atoms. The van der Waals surface area contributed by atoms with Crippen LogP contribution in [-0.2, 0) is 0 Å². The Morgan fingerprint density at radius 2 is 0.565 bits per heavy atom. The van der Waals surface area contributed by atoms with Crippen LogP contribution in [0, 0.1) is 0 Å². The van der Waals surface area contributed by atoms with Crippen molar-refractivity contribution in [3.8, 4) is 0 Å². The fraction of sp³-hybridized carbons (Fsp3) is 1.00. The van der Waals surface area contributed by atoms with Crippen LogP contribution in [0.2, 0.25) is 13.1 Å². The molecule has 0 aliphatic heterocycles. The second kappa shape index (κ2) is 14.4. The zero-order valence-electron chi connectivity index (χ0n) is 17.9. The van der Waals surface area contributed by atoms with Gasteiger partial charge in [0, 0.05) is 0 Å². The summed E-state index contributed by atoms with van der Waals surface area (Å²) < 4.78 is 2.56. The predicted molar refractivity (Wildman–Crippen MR) is 102 cm³/mol. The molecule has 0 saturated heterocycles. The van der Waals surface area contributed by atoms with Gasteiger partial charge in [-0.1, -0.05) is 0 Å². The molecule has 0 amide bonds. The van der Waals surface area contributed by atoms with Gasteiger partial charge in [-0.25, -0.2) is 0 Å². The summed E-state index contributed by atoms with van der Waals surface area (Å²) in [4.78, 5) is 19.4. The molecule has 0 unspecified atom stereocenters. The molecule has 0 rings (SSSR count). The van der Waals surface area contributed by atoms with Gasteiger partial charge < -0.3 is 18.6 Å². The van der Waals surface area contributed by atoms with E-state index in [1.165, 1.54) is 74.4 Å². The standard InChI is InChI=1S/2C8H20N.C2H6O2Si/c2*1-5-9(6-2,7-3)8-4;1-5(2,3)4/h2*5-8H2,1-4H3;1-2H3/q2*+1;-2. The van der Waals surface area contributed by atoms with E-state index >= 15 is 0 Å². The van der Waals surface area contributed by atoms with Crippen molar-refractivity contribution in [3.63, 3.8) is 0 Å². The lowest BCUT2D eigenvalue weighted by molar-refractivity contribution is -0.921. The summed E-state index contributed by atoms with van der Waals surface area (Å²) >= 11 is 0. The van der Waals surface area contributed by atoms with Crippen LogP contribution >= 0.6 is 0 Å². The van der Waals surface area contributed by atoms with Gasteiger partial charge in [-0.05, 0) is 55.4 Å². The molecule has 4 nitrogen and oxygen atoms in total. The summed E-state index contributed by atoms with van der Waals surface area (Å²) in [5.74, 6) is 0. The molecule has 0 N–H and O–H groups in total. The van der Waals surface area contributed by atoms with Crippen LogP contribution in [0.4, 0.5) is 0 Å². The highest BCUT2D eigenvalue weighted by Crippen LogP contribution is 2.03. The van der Waals surface area contributed by atoms with Gasteiger partial charge in [-0.15, -0.1) is 13.1 Å². The van der Waals surface area contributed by atoms with Gasteiger partial charge in [-0.2, -0.15) is 8.56 Å². The topological polar surface area (TPSA) is 46.1 Å². The van der Waals surface area contributed by atoms with E-state index in [1.807, 2.05) is 0 Å². The fourth-order valence-corrected chi connectivity index (χ4v) is 2.68. The van der Waals surface area contributed by atoms with Crippen molar-refractivity contribution in [1.82, 2.24) is 0 Å². The zero-order valence-corrected chi connectivity index (χ0v) is 18.9. The first-order valence-electron chi connectivity index (χ1n) is 9.59. The maximum Gasteiger partial charge on any atom is 0.0757 e. The lowest BCUT2D eigenvalue weighted by atomic mass is 10.3. The Labute approximate surface area is 148 Å². The number of hydrogen-bond acceptors (Lipinski definition) is 2. The summed E-state index contributed by atoms with van der Waals surface area (Å²) in [6.07, 6.45) is 0. The zero-order chi connectivity index (χ0) is 19.2. The molecule has 0 fully saturated rings. The molecule has 0 aliphatic rings. The van der Waals surface area contributed by atoms with E-state index in [9.17, 15) is 9.59 Å². The lowest BCUT2D eigenvalue weighted by Gasteiger charge is -2.37. The minimum Gasteiger partial charge on any atom is -0.870 e. The van der Waals surface area contributed by atoms with Gasteiger partial charge in [-0.3, -0.25) is 0 Å². The maximum atomic E-state index is 9.69. The Bertz CT molecular complexity index is 187. The Hall–Kier alpha value is 0.0569. The van der Waals surface area contributed by atoms with Crippen molar-refractivity contribution in [3.05, 3.63) is 0 Å². The lowest BCUT2D eigenvalue weighted by Crippen LogP contribution is -2.56. The van der Waals surface area contributed by atoms with Gasteiger partial charge in [0.25, 0.3) is 0 Å². The number of nitrogens with zero attached hydrogens (tertiary/aromatic N) is 2. The van der Waals surface area contributed by atoms with Crippen LogP contribution in [0.25, 0.3) is 0 Å². The Morgan fingerprint density at radius 1 is 0.478 bits per heavy atom. The van der Waals surface area contributed by atoms with Crippen molar-refractivity contribution in [1.29, 1.82) is 0 Å². The van der Waals surface area contributed by atoms with Crippen molar-refractivity contribution >= 4 is 8.56 Å². The van der Waals surface area contributed by atoms with Gasteiger partial charge in [0.2, 0.25) is 0 Å². The number of quaternary nitrogens is 2. The van der Waals surface area contributed by atoms with E-state index < -0.39 is 8.56 Å². The van der Waals surface area contributed by atoms with E-state index in [0.29, 0.717) is 0 Å². The molecule has 0 bridgehead atoms. The summed E-state index contributed by atoms with van der Waals surface area (Å²) in [6.45, 7) is 30.9. The van der Waals surface area contributed by atoms with Gasteiger partial charge >= 0.3 is 0 Å². The summed E-state index contributed by atoms with van der Waals surface area (Å²) in [6, 6.07) is 0. The average molecular weight is 351 g/mol. The molecule has 0 saturated carbocycles. The van der Waals surface area contributed by atoms with E-state index in [-0.39, 0.29) is 0 Å². The molecule has 23 heavy (non-hydrogen) atoms. The molecule has 0 aliphatic carbocycles. The second-order valence-corrected chi connectivity index (χ2v) is 9.41. The second-order valence-electron chi connectivity index (χ2n) is 6.61. The molecule has 0 heterocycles. The van der Waals surface area contributed by atoms with E-state index in [4.69, 9.17) is 0 Å². The predicted octanol–water partition coefficient (Wildman–Crippen LogP) is 2.17. The summed E-state index contributed by atoms with van der Waals surface area (Å²) in [5.41, 5.74) is 0. The summed E-state index contributed by atoms with van der Waals surface area (Å²) in [7, 11) is -3.11. The van der Waals surface area contributed by atoms with E-state index in [0.717, 1.165) is 0 Å². The average Bonchev–Trinajstić information content (AvgIpc) is 2.52. The molecule has 0 radical (unpaired) electrons. The van der Waals surface area contributed by atoms with E-state index in [2.05, 4.69) is 55.4 Å². The largest absolute Gasteiger partial charge is 0.870 e. The molecule has 0 aromatic heterocycles.